The van der Waals surface area contributed by atoms with Gasteiger partial charge in [-0.1, -0.05) is 6.42 Å². The van der Waals surface area contributed by atoms with Crippen molar-refractivity contribution in [3.05, 3.63) is 0 Å². The summed E-state index contributed by atoms with van der Waals surface area (Å²) in [6, 6.07) is 0. The number of nitrogens with two attached hydrogens (primary N) is 1. The van der Waals surface area contributed by atoms with Crippen molar-refractivity contribution in [3.8, 4) is 0 Å². The van der Waals surface area contributed by atoms with Gasteiger partial charge >= 0.3 is 0 Å². The smallest absolute Gasteiger partial charge is 0.00391 e. The molecule has 1 saturated heterocycles. The predicted molar refractivity (Wildman–Crippen MR) is 53.0 cm³/mol. The molecule has 1 aliphatic heterocycles. The summed E-state index contributed by atoms with van der Waals surface area (Å²) in [7, 11) is 0. The van der Waals surface area contributed by atoms with Crippen LogP contribution in [-0.4, -0.2) is 18.1 Å². The van der Waals surface area contributed by atoms with Crippen LogP contribution in [0.2, 0.25) is 0 Å². The van der Waals surface area contributed by atoms with Crippen molar-refractivity contribution < 1.29 is 0 Å². The third-order valence-corrected chi connectivity index (χ3v) is 3.61. The third kappa shape index (κ3) is 4.02. The number of rotatable bonds is 4. The molecule has 1 atom stereocenters. The molecule has 0 aromatic carbocycles. The van der Waals surface area contributed by atoms with E-state index < -0.39 is 0 Å². The maximum absolute atomic E-state index is 5.44. The molecule has 1 fully saturated rings. The first kappa shape index (κ1) is 9.40. The molecular formula is C9H19NS. The summed E-state index contributed by atoms with van der Waals surface area (Å²) in [6.07, 6.45) is 6.91. The summed E-state index contributed by atoms with van der Waals surface area (Å²) in [5.74, 6) is 3.82. The highest BCUT2D eigenvalue weighted by atomic mass is 32.2. The van der Waals surface area contributed by atoms with Gasteiger partial charge in [0.05, 0.1) is 0 Å². The van der Waals surface area contributed by atoms with Gasteiger partial charge in [0.15, 0.2) is 0 Å². The van der Waals surface area contributed by atoms with Crippen LogP contribution in [0.3, 0.4) is 0 Å². The molecule has 0 aromatic rings. The van der Waals surface area contributed by atoms with Crippen LogP contribution in [-0.2, 0) is 0 Å². The molecule has 1 rings (SSSR count). The summed E-state index contributed by atoms with van der Waals surface area (Å²) in [5.41, 5.74) is 5.44. The molecule has 2 N–H and O–H groups in total. The molecule has 66 valence electrons. The Labute approximate surface area is 74.1 Å². The Bertz CT molecular complexity index is 89.6. The fourth-order valence-electron chi connectivity index (χ4n) is 1.61. The lowest BCUT2D eigenvalue weighted by atomic mass is 9.99. The molecule has 1 unspecified atom stereocenters. The minimum Gasteiger partial charge on any atom is -0.330 e. The van der Waals surface area contributed by atoms with Crippen molar-refractivity contribution in [2.75, 3.05) is 18.1 Å². The summed E-state index contributed by atoms with van der Waals surface area (Å²) >= 11 is 2.13. The maximum Gasteiger partial charge on any atom is -0.00391 e. The molecule has 11 heavy (non-hydrogen) atoms. The Balaban J connectivity index is 1.96. The van der Waals surface area contributed by atoms with E-state index in [9.17, 15) is 0 Å². The summed E-state index contributed by atoms with van der Waals surface area (Å²) < 4.78 is 0. The van der Waals surface area contributed by atoms with E-state index >= 15 is 0 Å². The standard InChI is InChI=1S/C9H19NS/c10-6-2-1-4-9-5-3-7-11-8-9/h9H,1-8,10H2. The minimum atomic E-state index is 0.875. The molecule has 1 nitrogen and oxygen atoms in total. The molecule has 0 saturated carbocycles. The Morgan fingerprint density at radius 3 is 2.91 bits per heavy atom. The van der Waals surface area contributed by atoms with Crippen LogP contribution < -0.4 is 5.73 Å². The monoisotopic (exact) mass is 173 g/mol. The minimum absolute atomic E-state index is 0.875. The highest BCUT2D eigenvalue weighted by Crippen LogP contribution is 2.26. The summed E-state index contributed by atoms with van der Waals surface area (Å²) in [6.45, 7) is 0.875. The van der Waals surface area contributed by atoms with Crippen molar-refractivity contribution in [2.24, 2.45) is 11.7 Å². The van der Waals surface area contributed by atoms with Gasteiger partial charge in [-0.05, 0) is 49.7 Å². The van der Waals surface area contributed by atoms with E-state index in [1.807, 2.05) is 0 Å². The van der Waals surface area contributed by atoms with Gasteiger partial charge in [0.1, 0.15) is 0 Å². The van der Waals surface area contributed by atoms with E-state index in [2.05, 4.69) is 11.8 Å². The average molecular weight is 173 g/mol. The first-order valence-corrected chi connectivity index (χ1v) is 5.87. The van der Waals surface area contributed by atoms with E-state index in [0.717, 1.165) is 12.5 Å². The average Bonchev–Trinajstić information content (AvgIpc) is 2.07. The highest BCUT2D eigenvalue weighted by molar-refractivity contribution is 7.99. The molecule has 0 amide bonds. The Morgan fingerprint density at radius 2 is 2.27 bits per heavy atom. The zero-order chi connectivity index (χ0) is 7.94. The van der Waals surface area contributed by atoms with Crippen LogP contribution in [0, 0.1) is 5.92 Å². The van der Waals surface area contributed by atoms with Gasteiger partial charge in [-0.15, -0.1) is 0 Å². The molecule has 0 radical (unpaired) electrons. The van der Waals surface area contributed by atoms with Crippen molar-refractivity contribution in [3.63, 3.8) is 0 Å². The van der Waals surface area contributed by atoms with Gasteiger partial charge < -0.3 is 5.73 Å². The topological polar surface area (TPSA) is 26.0 Å². The van der Waals surface area contributed by atoms with Gasteiger partial charge in [0.2, 0.25) is 0 Å². The van der Waals surface area contributed by atoms with Crippen molar-refractivity contribution >= 4 is 11.8 Å². The lowest BCUT2D eigenvalue weighted by Crippen LogP contribution is -2.10. The van der Waals surface area contributed by atoms with Crippen molar-refractivity contribution in [2.45, 2.75) is 32.1 Å². The van der Waals surface area contributed by atoms with Crippen LogP contribution in [0.4, 0.5) is 0 Å². The number of thioether (sulfide) groups is 1. The van der Waals surface area contributed by atoms with E-state index in [1.54, 1.807) is 0 Å². The maximum atomic E-state index is 5.44. The van der Waals surface area contributed by atoms with Crippen molar-refractivity contribution in [1.82, 2.24) is 0 Å². The van der Waals surface area contributed by atoms with Crippen LogP contribution in [0.15, 0.2) is 0 Å². The highest BCUT2D eigenvalue weighted by Gasteiger charge is 2.12. The lowest BCUT2D eigenvalue weighted by Gasteiger charge is -2.20. The number of hydrogen-bond acceptors (Lipinski definition) is 2. The fraction of sp³-hybridized carbons (Fsp3) is 1.00. The molecular weight excluding hydrogens is 154 g/mol. The normalized spacial score (nSPS) is 25.4. The second-order valence-electron chi connectivity index (χ2n) is 3.37. The first-order chi connectivity index (χ1) is 5.43. The SMILES string of the molecule is NCCCCC1CCCSC1. The molecule has 0 spiro atoms. The molecule has 1 heterocycles. The fourth-order valence-corrected chi connectivity index (χ4v) is 2.82. The second-order valence-corrected chi connectivity index (χ2v) is 4.52. The van der Waals surface area contributed by atoms with Gasteiger partial charge in [-0.25, -0.2) is 0 Å². The number of unbranched alkanes of at least 4 members (excludes halogenated alkanes) is 1. The molecule has 0 aliphatic carbocycles. The zero-order valence-corrected chi connectivity index (χ0v) is 8.04. The number of hydrogen-bond donors (Lipinski definition) is 1. The van der Waals surface area contributed by atoms with E-state index in [1.165, 1.54) is 43.6 Å². The Morgan fingerprint density at radius 1 is 1.36 bits per heavy atom. The first-order valence-electron chi connectivity index (χ1n) is 4.71. The lowest BCUT2D eigenvalue weighted by molar-refractivity contribution is 0.462. The third-order valence-electron chi connectivity index (χ3n) is 2.32. The quantitative estimate of drug-likeness (QED) is 0.660. The van der Waals surface area contributed by atoms with E-state index in [-0.39, 0.29) is 0 Å². The molecule has 2 heteroatoms. The van der Waals surface area contributed by atoms with Gasteiger partial charge in [0.25, 0.3) is 0 Å². The Hall–Kier alpha value is 0.310. The van der Waals surface area contributed by atoms with E-state index in [0.29, 0.717) is 0 Å². The van der Waals surface area contributed by atoms with Gasteiger partial charge in [-0.3, -0.25) is 0 Å². The summed E-state index contributed by atoms with van der Waals surface area (Å²) in [4.78, 5) is 0. The largest absolute Gasteiger partial charge is 0.330 e. The van der Waals surface area contributed by atoms with Crippen LogP contribution in [0.5, 0.6) is 0 Å². The predicted octanol–water partition coefficient (Wildman–Crippen LogP) is 2.26. The Kier molecular flexibility index (Phi) is 5.04. The summed E-state index contributed by atoms with van der Waals surface area (Å²) in [5, 5.41) is 0. The van der Waals surface area contributed by atoms with Gasteiger partial charge in [-0.2, -0.15) is 11.8 Å². The molecule has 0 aromatic heterocycles. The second kappa shape index (κ2) is 5.90. The zero-order valence-electron chi connectivity index (χ0n) is 7.22. The van der Waals surface area contributed by atoms with Crippen molar-refractivity contribution in [1.29, 1.82) is 0 Å². The van der Waals surface area contributed by atoms with Gasteiger partial charge in [0, 0.05) is 0 Å². The van der Waals surface area contributed by atoms with Crippen LogP contribution >= 0.6 is 11.8 Å². The van der Waals surface area contributed by atoms with E-state index in [4.69, 9.17) is 5.73 Å². The molecule has 1 aliphatic rings. The van der Waals surface area contributed by atoms with Crippen LogP contribution in [0.1, 0.15) is 32.1 Å². The molecule has 0 bridgehead atoms. The van der Waals surface area contributed by atoms with Crippen LogP contribution in [0.25, 0.3) is 0 Å².